The van der Waals surface area contributed by atoms with E-state index in [2.05, 4.69) is 20.1 Å². The third-order valence-electron chi connectivity index (χ3n) is 1.80. The van der Waals surface area contributed by atoms with Gasteiger partial charge in [-0.15, -0.1) is 10.2 Å². The van der Waals surface area contributed by atoms with Gasteiger partial charge in [-0.1, -0.05) is 0 Å². The molecule has 2 heterocycles. The highest BCUT2D eigenvalue weighted by Crippen LogP contribution is 2.09. The summed E-state index contributed by atoms with van der Waals surface area (Å²) in [6, 6.07) is 0. The molecule has 3 N–H and O–H groups in total. The SMILES string of the molecule is Nc1nnc(N2CCOCC2)[nH]1. The van der Waals surface area contributed by atoms with Gasteiger partial charge in [-0.05, 0) is 0 Å². The molecule has 0 saturated carbocycles. The first-order valence-electron chi connectivity index (χ1n) is 3.87. The maximum absolute atomic E-state index is 5.40. The van der Waals surface area contributed by atoms with Crippen LogP contribution in [0.4, 0.5) is 11.9 Å². The number of morpholine rings is 1. The Morgan fingerprint density at radius 2 is 2.08 bits per heavy atom. The Bertz CT molecular complexity index is 254. The van der Waals surface area contributed by atoms with Gasteiger partial charge in [0.15, 0.2) is 0 Å². The first kappa shape index (κ1) is 7.35. The van der Waals surface area contributed by atoms with Crippen molar-refractivity contribution in [1.29, 1.82) is 0 Å². The van der Waals surface area contributed by atoms with Crippen LogP contribution in [0.2, 0.25) is 0 Å². The van der Waals surface area contributed by atoms with E-state index in [1.807, 2.05) is 0 Å². The van der Waals surface area contributed by atoms with E-state index in [1.165, 1.54) is 0 Å². The molecule has 1 aromatic heterocycles. The number of rotatable bonds is 1. The molecule has 1 fully saturated rings. The monoisotopic (exact) mass is 169 g/mol. The fourth-order valence-electron chi connectivity index (χ4n) is 1.18. The van der Waals surface area contributed by atoms with Crippen LogP contribution in [-0.4, -0.2) is 41.5 Å². The Hall–Kier alpha value is -1.30. The summed E-state index contributed by atoms with van der Waals surface area (Å²) in [5.41, 5.74) is 5.40. The van der Waals surface area contributed by atoms with Gasteiger partial charge in [-0.2, -0.15) is 0 Å². The van der Waals surface area contributed by atoms with Crippen molar-refractivity contribution in [2.24, 2.45) is 0 Å². The largest absolute Gasteiger partial charge is 0.378 e. The summed E-state index contributed by atoms with van der Waals surface area (Å²) in [7, 11) is 0. The van der Waals surface area contributed by atoms with Crippen LogP contribution in [0.25, 0.3) is 0 Å². The number of anilines is 2. The topological polar surface area (TPSA) is 80.1 Å². The van der Waals surface area contributed by atoms with Gasteiger partial charge in [0.05, 0.1) is 13.2 Å². The molecule has 0 aromatic carbocycles. The quantitative estimate of drug-likeness (QED) is 0.576. The summed E-state index contributed by atoms with van der Waals surface area (Å²) in [6.07, 6.45) is 0. The van der Waals surface area contributed by atoms with Gasteiger partial charge in [0.1, 0.15) is 0 Å². The van der Waals surface area contributed by atoms with Crippen LogP contribution in [0, 0.1) is 0 Å². The van der Waals surface area contributed by atoms with Crippen molar-refractivity contribution in [2.45, 2.75) is 0 Å². The molecule has 2 rings (SSSR count). The molecule has 1 aliphatic rings. The average Bonchev–Trinajstić information content (AvgIpc) is 2.54. The van der Waals surface area contributed by atoms with Crippen LogP contribution in [0.15, 0.2) is 0 Å². The number of H-pyrrole nitrogens is 1. The second-order valence-electron chi connectivity index (χ2n) is 2.63. The van der Waals surface area contributed by atoms with Crippen molar-refractivity contribution >= 4 is 11.9 Å². The van der Waals surface area contributed by atoms with Gasteiger partial charge in [0.25, 0.3) is 0 Å². The summed E-state index contributed by atoms with van der Waals surface area (Å²) >= 11 is 0. The molecule has 1 aromatic rings. The Morgan fingerprint density at radius 1 is 1.33 bits per heavy atom. The van der Waals surface area contributed by atoms with Crippen LogP contribution in [0.3, 0.4) is 0 Å². The lowest BCUT2D eigenvalue weighted by Gasteiger charge is -2.25. The summed E-state index contributed by atoms with van der Waals surface area (Å²) in [4.78, 5) is 4.93. The molecule has 1 aliphatic heterocycles. The fourth-order valence-corrected chi connectivity index (χ4v) is 1.18. The van der Waals surface area contributed by atoms with Crippen molar-refractivity contribution < 1.29 is 4.74 Å². The van der Waals surface area contributed by atoms with Gasteiger partial charge in [0.2, 0.25) is 11.9 Å². The number of nitrogens with zero attached hydrogens (tertiary/aromatic N) is 3. The van der Waals surface area contributed by atoms with Gasteiger partial charge >= 0.3 is 0 Å². The number of nitrogen functional groups attached to an aromatic ring is 1. The molecule has 6 nitrogen and oxygen atoms in total. The summed E-state index contributed by atoms with van der Waals surface area (Å²) in [5.74, 6) is 1.09. The Balaban J connectivity index is 2.08. The zero-order valence-electron chi connectivity index (χ0n) is 6.66. The lowest BCUT2D eigenvalue weighted by Crippen LogP contribution is -2.36. The minimum Gasteiger partial charge on any atom is -0.378 e. The number of aromatic amines is 1. The Labute approximate surface area is 69.7 Å². The maximum atomic E-state index is 5.40. The molecule has 0 spiro atoms. The van der Waals surface area contributed by atoms with Crippen molar-refractivity contribution in [3.63, 3.8) is 0 Å². The molecule has 66 valence electrons. The van der Waals surface area contributed by atoms with E-state index in [1.54, 1.807) is 0 Å². The standard InChI is InChI=1S/C6H11N5O/c7-5-8-6(10-9-5)11-1-3-12-4-2-11/h1-4H2,(H3,7,8,9,10). The highest BCUT2D eigenvalue weighted by atomic mass is 16.5. The highest BCUT2D eigenvalue weighted by Gasteiger charge is 2.13. The van der Waals surface area contributed by atoms with E-state index < -0.39 is 0 Å². The highest BCUT2D eigenvalue weighted by molar-refractivity contribution is 5.33. The maximum Gasteiger partial charge on any atom is 0.226 e. The fraction of sp³-hybridized carbons (Fsp3) is 0.667. The molecule has 0 amide bonds. The van der Waals surface area contributed by atoms with Crippen LogP contribution < -0.4 is 10.6 Å². The molecule has 1 saturated heterocycles. The first-order chi connectivity index (χ1) is 5.86. The number of hydrogen-bond acceptors (Lipinski definition) is 5. The predicted octanol–water partition coefficient (Wildman–Crippen LogP) is -0.777. The zero-order chi connectivity index (χ0) is 8.39. The molecule has 0 atom stereocenters. The third-order valence-corrected chi connectivity index (χ3v) is 1.80. The lowest BCUT2D eigenvalue weighted by molar-refractivity contribution is 0.122. The normalized spacial score (nSPS) is 18.2. The molecule has 0 radical (unpaired) electrons. The lowest BCUT2D eigenvalue weighted by atomic mass is 10.4. The van der Waals surface area contributed by atoms with Crippen LogP contribution >= 0.6 is 0 Å². The van der Waals surface area contributed by atoms with Gasteiger partial charge in [-0.3, -0.25) is 4.98 Å². The van der Waals surface area contributed by atoms with E-state index in [-0.39, 0.29) is 0 Å². The molecular weight excluding hydrogens is 158 g/mol. The Morgan fingerprint density at radius 3 is 2.67 bits per heavy atom. The molecule has 0 unspecified atom stereocenters. The predicted molar refractivity (Wildman–Crippen MR) is 43.8 cm³/mol. The van der Waals surface area contributed by atoms with Crippen molar-refractivity contribution in [1.82, 2.24) is 15.2 Å². The van der Waals surface area contributed by atoms with Crippen molar-refractivity contribution in [3.05, 3.63) is 0 Å². The van der Waals surface area contributed by atoms with Gasteiger partial charge < -0.3 is 15.4 Å². The van der Waals surface area contributed by atoms with Crippen molar-refractivity contribution in [3.8, 4) is 0 Å². The van der Waals surface area contributed by atoms with Gasteiger partial charge in [0, 0.05) is 13.1 Å². The average molecular weight is 169 g/mol. The summed E-state index contributed by atoms with van der Waals surface area (Å²) < 4.78 is 5.19. The number of hydrogen-bond donors (Lipinski definition) is 2. The van der Waals surface area contributed by atoms with E-state index in [4.69, 9.17) is 10.5 Å². The Kier molecular flexibility index (Phi) is 1.83. The first-order valence-corrected chi connectivity index (χ1v) is 3.87. The van der Waals surface area contributed by atoms with Crippen LogP contribution in [0.1, 0.15) is 0 Å². The zero-order valence-corrected chi connectivity index (χ0v) is 6.66. The molecule has 0 aliphatic carbocycles. The molecule has 0 bridgehead atoms. The van der Waals surface area contributed by atoms with E-state index >= 15 is 0 Å². The third kappa shape index (κ3) is 1.33. The van der Waals surface area contributed by atoms with E-state index in [0.717, 1.165) is 32.3 Å². The minimum absolute atomic E-state index is 0.358. The smallest absolute Gasteiger partial charge is 0.226 e. The van der Waals surface area contributed by atoms with E-state index in [0.29, 0.717) is 5.95 Å². The number of ether oxygens (including phenoxy) is 1. The summed E-state index contributed by atoms with van der Waals surface area (Å²) in [6.45, 7) is 3.16. The number of nitrogens with two attached hydrogens (primary N) is 1. The second-order valence-corrected chi connectivity index (χ2v) is 2.63. The van der Waals surface area contributed by atoms with E-state index in [9.17, 15) is 0 Å². The molecular formula is C6H11N5O. The molecule has 6 heteroatoms. The minimum atomic E-state index is 0.358. The number of nitrogens with one attached hydrogen (secondary N) is 1. The van der Waals surface area contributed by atoms with Gasteiger partial charge in [-0.25, -0.2) is 0 Å². The van der Waals surface area contributed by atoms with Crippen LogP contribution in [0.5, 0.6) is 0 Å². The number of aromatic nitrogens is 3. The second kappa shape index (κ2) is 2.98. The molecule has 12 heavy (non-hydrogen) atoms. The summed E-state index contributed by atoms with van der Waals surface area (Å²) in [5, 5.41) is 7.56. The van der Waals surface area contributed by atoms with Crippen molar-refractivity contribution in [2.75, 3.05) is 36.9 Å². The van der Waals surface area contributed by atoms with Crippen LogP contribution in [-0.2, 0) is 4.74 Å².